The molecule has 0 amide bonds. The molecule has 0 saturated heterocycles. The fraction of sp³-hybridized carbons (Fsp3) is 0. The molecule has 2 rings (SSSR count). The lowest BCUT2D eigenvalue weighted by Crippen LogP contribution is -1.95. The molecule has 82 valence electrons. The van der Waals surface area contributed by atoms with Crippen LogP contribution in [0, 0.1) is 3.57 Å². The highest BCUT2D eigenvalue weighted by Gasteiger charge is 2.01. The van der Waals surface area contributed by atoms with Crippen molar-refractivity contribution in [3.63, 3.8) is 0 Å². The molecule has 5 heteroatoms. The van der Waals surface area contributed by atoms with Gasteiger partial charge in [0.05, 0.1) is 5.69 Å². The summed E-state index contributed by atoms with van der Waals surface area (Å²) in [5.74, 6) is 0.494. The Hall–Kier alpha value is -1.01. The second-order valence-corrected chi connectivity index (χ2v) is 4.82. The smallest absolute Gasteiger partial charge is 0.125 e. The Kier molecular flexibility index (Phi) is 3.50. The van der Waals surface area contributed by atoms with Crippen LogP contribution in [0.3, 0.4) is 0 Å². The summed E-state index contributed by atoms with van der Waals surface area (Å²) in [7, 11) is 0. The molecule has 3 N–H and O–H groups in total. The molecule has 1 heterocycles. The number of halogens is 2. The van der Waals surface area contributed by atoms with E-state index in [9.17, 15) is 0 Å². The van der Waals surface area contributed by atoms with E-state index < -0.39 is 0 Å². The predicted molar refractivity (Wildman–Crippen MR) is 76.1 cm³/mol. The first-order chi connectivity index (χ1) is 7.65. The maximum atomic E-state index is 5.88. The summed E-state index contributed by atoms with van der Waals surface area (Å²) >= 11 is 8.11. The number of rotatable bonds is 2. The Balaban J connectivity index is 2.27. The van der Waals surface area contributed by atoms with Crippen LogP contribution < -0.4 is 11.1 Å². The van der Waals surface area contributed by atoms with Gasteiger partial charge in [0.15, 0.2) is 0 Å². The minimum absolute atomic E-state index is 0.494. The lowest BCUT2D eigenvalue weighted by molar-refractivity contribution is 1.33. The molecule has 0 atom stereocenters. The fourth-order valence-corrected chi connectivity index (χ4v) is 2.28. The van der Waals surface area contributed by atoms with Crippen molar-refractivity contribution in [1.29, 1.82) is 0 Å². The van der Waals surface area contributed by atoms with Gasteiger partial charge in [-0.25, -0.2) is 4.98 Å². The highest BCUT2D eigenvalue weighted by Crippen LogP contribution is 2.25. The molecule has 0 aliphatic heterocycles. The minimum Gasteiger partial charge on any atom is -0.384 e. The van der Waals surface area contributed by atoms with Crippen molar-refractivity contribution in [1.82, 2.24) is 4.98 Å². The molecule has 0 aliphatic rings. The maximum Gasteiger partial charge on any atom is 0.125 e. The van der Waals surface area contributed by atoms with Gasteiger partial charge in [0, 0.05) is 26.5 Å². The molecule has 0 spiro atoms. The van der Waals surface area contributed by atoms with Crippen LogP contribution in [0.25, 0.3) is 0 Å². The average Bonchev–Trinajstić information content (AvgIpc) is 2.22. The van der Waals surface area contributed by atoms with Crippen molar-refractivity contribution in [2.24, 2.45) is 0 Å². The first kappa shape index (κ1) is 11.5. The van der Waals surface area contributed by atoms with Crippen LogP contribution in [0.5, 0.6) is 0 Å². The Bertz CT molecular complexity index is 516. The number of aromatic nitrogens is 1. The first-order valence-corrected chi connectivity index (χ1v) is 6.04. The van der Waals surface area contributed by atoms with Gasteiger partial charge in [0.25, 0.3) is 0 Å². The van der Waals surface area contributed by atoms with Crippen molar-refractivity contribution in [2.75, 3.05) is 11.1 Å². The van der Waals surface area contributed by atoms with E-state index in [2.05, 4.69) is 32.9 Å². The van der Waals surface area contributed by atoms with Crippen molar-refractivity contribution in [3.05, 3.63) is 45.1 Å². The summed E-state index contributed by atoms with van der Waals surface area (Å²) < 4.78 is 1.06. The van der Waals surface area contributed by atoms with E-state index in [1.54, 1.807) is 12.3 Å². The molecule has 2 aromatic rings. The molecule has 0 saturated carbocycles. The van der Waals surface area contributed by atoms with E-state index in [0.717, 1.165) is 20.0 Å². The van der Waals surface area contributed by atoms with E-state index in [1.165, 1.54) is 0 Å². The largest absolute Gasteiger partial charge is 0.384 e. The molecule has 1 aromatic carbocycles. The second kappa shape index (κ2) is 4.88. The topological polar surface area (TPSA) is 50.9 Å². The Morgan fingerprint density at radius 3 is 2.75 bits per heavy atom. The monoisotopic (exact) mass is 345 g/mol. The lowest BCUT2D eigenvalue weighted by atomic mass is 10.3. The van der Waals surface area contributed by atoms with Gasteiger partial charge in [0.2, 0.25) is 0 Å². The van der Waals surface area contributed by atoms with Gasteiger partial charge in [-0.3, -0.25) is 0 Å². The number of hydrogen-bond donors (Lipinski definition) is 2. The summed E-state index contributed by atoms with van der Waals surface area (Å²) in [6, 6.07) is 9.32. The van der Waals surface area contributed by atoms with Gasteiger partial charge in [-0.1, -0.05) is 11.6 Å². The zero-order valence-corrected chi connectivity index (χ0v) is 11.2. The predicted octanol–water partition coefficient (Wildman–Crippen LogP) is 3.67. The van der Waals surface area contributed by atoms with E-state index in [-0.39, 0.29) is 0 Å². The van der Waals surface area contributed by atoms with Crippen LogP contribution in [-0.4, -0.2) is 4.98 Å². The number of nitrogens with two attached hydrogens (primary N) is 1. The van der Waals surface area contributed by atoms with Crippen molar-refractivity contribution >= 4 is 51.4 Å². The van der Waals surface area contributed by atoms with Crippen LogP contribution in [0.4, 0.5) is 17.2 Å². The summed E-state index contributed by atoms with van der Waals surface area (Å²) in [5.41, 5.74) is 7.51. The molecule has 1 aromatic heterocycles. The SMILES string of the molecule is Nc1cc(Nc2ccc(Cl)cc2I)ccn1. The van der Waals surface area contributed by atoms with Gasteiger partial charge in [-0.15, -0.1) is 0 Å². The minimum atomic E-state index is 0.494. The molecular formula is C11H9ClIN3. The van der Waals surface area contributed by atoms with E-state index in [0.29, 0.717) is 5.82 Å². The molecule has 0 unspecified atom stereocenters. The molecule has 3 nitrogen and oxygen atoms in total. The highest BCUT2D eigenvalue weighted by atomic mass is 127. The number of anilines is 3. The summed E-state index contributed by atoms with van der Waals surface area (Å²) in [6.07, 6.45) is 1.67. The van der Waals surface area contributed by atoms with E-state index in [1.807, 2.05) is 24.3 Å². The average molecular weight is 346 g/mol. The first-order valence-electron chi connectivity index (χ1n) is 4.59. The van der Waals surface area contributed by atoms with Gasteiger partial charge < -0.3 is 11.1 Å². The van der Waals surface area contributed by atoms with Crippen LogP contribution >= 0.6 is 34.2 Å². The van der Waals surface area contributed by atoms with Crippen LogP contribution in [-0.2, 0) is 0 Å². The van der Waals surface area contributed by atoms with Gasteiger partial charge >= 0.3 is 0 Å². The number of nitrogen functional groups attached to an aromatic ring is 1. The van der Waals surface area contributed by atoms with Crippen LogP contribution in [0.2, 0.25) is 5.02 Å². The van der Waals surface area contributed by atoms with Gasteiger partial charge in [0.1, 0.15) is 5.82 Å². The van der Waals surface area contributed by atoms with Gasteiger partial charge in [-0.2, -0.15) is 0 Å². The molecule has 0 aliphatic carbocycles. The maximum absolute atomic E-state index is 5.88. The Morgan fingerprint density at radius 1 is 1.25 bits per heavy atom. The summed E-state index contributed by atoms with van der Waals surface area (Å²) in [4.78, 5) is 3.93. The van der Waals surface area contributed by atoms with E-state index >= 15 is 0 Å². The quantitative estimate of drug-likeness (QED) is 0.817. The third-order valence-corrected chi connectivity index (χ3v) is 3.12. The highest BCUT2D eigenvalue weighted by molar-refractivity contribution is 14.1. The Labute approximate surface area is 112 Å². The molecule has 0 radical (unpaired) electrons. The molecule has 0 bridgehead atoms. The Morgan fingerprint density at radius 2 is 2.06 bits per heavy atom. The molecular weight excluding hydrogens is 336 g/mol. The number of pyridine rings is 1. The standard InChI is InChI=1S/C11H9ClIN3/c12-7-1-2-10(9(13)5-7)16-8-3-4-15-11(14)6-8/h1-6H,(H3,14,15,16). The molecule has 16 heavy (non-hydrogen) atoms. The normalized spacial score (nSPS) is 10.1. The second-order valence-electron chi connectivity index (χ2n) is 3.22. The molecule has 0 fully saturated rings. The number of benzene rings is 1. The number of nitrogens with zero attached hydrogens (tertiary/aromatic N) is 1. The van der Waals surface area contributed by atoms with Crippen LogP contribution in [0.1, 0.15) is 0 Å². The third kappa shape index (κ3) is 2.76. The zero-order chi connectivity index (χ0) is 11.5. The van der Waals surface area contributed by atoms with Crippen molar-refractivity contribution in [3.8, 4) is 0 Å². The lowest BCUT2D eigenvalue weighted by Gasteiger charge is -2.08. The van der Waals surface area contributed by atoms with E-state index in [4.69, 9.17) is 17.3 Å². The van der Waals surface area contributed by atoms with Gasteiger partial charge in [-0.05, 0) is 46.9 Å². The third-order valence-electron chi connectivity index (χ3n) is 1.99. The number of hydrogen-bond acceptors (Lipinski definition) is 3. The summed E-state index contributed by atoms with van der Waals surface area (Å²) in [5, 5.41) is 3.98. The van der Waals surface area contributed by atoms with Crippen molar-refractivity contribution < 1.29 is 0 Å². The number of nitrogens with one attached hydrogen (secondary N) is 1. The van der Waals surface area contributed by atoms with Crippen LogP contribution in [0.15, 0.2) is 36.5 Å². The summed E-state index contributed by atoms with van der Waals surface area (Å²) in [6.45, 7) is 0. The zero-order valence-electron chi connectivity index (χ0n) is 8.24. The van der Waals surface area contributed by atoms with Crippen molar-refractivity contribution in [2.45, 2.75) is 0 Å². The fourth-order valence-electron chi connectivity index (χ4n) is 1.27.